The second-order valence-electron chi connectivity index (χ2n) is 6.39. The van der Waals surface area contributed by atoms with Gasteiger partial charge in [0.25, 0.3) is 0 Å². The molecular formula is C17H27N5O2. The summed E-state index contributed by atoms with van der Waals surface area (Å²) in [7, 11) is 5.37. The van der Waals surface area contributed by atoms with E-state index in [0.717, 1.165) is 17.9 Å². The van der Waals surface area contributed by atoms with E-state index in [1.165, 1.54) is 0 Å². The van der Waals surface area contributed by atoms with Crippen molar-refractivity contribution in [2.24, 2.45) is 5.92 Å². The number of rotatable bonds is 4. The van der Waals surface area contributed by atoms with Crippen LogP contribution in [-0.4, -0.2) is 78.8 Å². The molecule has 1 aliphatic rings. The van der Waals surface area contributed by atoms with Crippen LogP contribution < -0.4 is 5.32 Å². The first kappa shape index (κ1) is 18.2. The van der Waals surface area contributed by atoms with Gasteiger partial charge in [-0.2, -0.15) is 0 Å². The van der Waals surface area contributed by atoms with E-state index in [9.17, 15) is 9.59 Å². The SMILES string of the molecule is CNc1ncccc1CN1CCN(C(C)=O)CC(C(=O)N(C)C)C1. The Bertz CT molecular complexity index is 590. The molecule has 2 amide bonds. The zero-order valence-corrected chi connectivity index (χ0v) is 15.0. The second kappa shape index (κ2) is 8.10. The molecule has 1 aliphatic heterocycles. The van der Waals surface area contributed by atoms with Crippen LogP contribution in [0.25, 0.3) is 0 Å². The number of carbonyl (C=O) groups excluding carboxylic acids is 2. The second-order valence-corrected chi connectivity index (χ2v) is 6.39. The topological polar surface area (TPSA) is 68.8 Å². The summed E-state index contributed by atoms with van der Waals surface area (Å²) >= 11 is 0. The highest BCUT2D eigenvalue weighted by Crippen LogP contribution is 2.18. The van der Waals surface area contributed by atoms with Crippen LogP contribution in [0.15, 0.2) is 18.3 Å². The quantitative estimate of drug-likeness (QED) is 0.869. The minimum atomic E-state index is -0.207. The molecule has 1 aromatic rings. The van der Waals surface area contributed by atoms with Crippen LogP contribution in [0.4, 0.5) is 5.82 Å². The molecule has 1 saturated heterocycles. The Labute approximate surface area is 143 Å². The van der Waals surface area contributed by atoms with Crippen molar-refractivity contribution >= 4 is 17.6 Å². The van der Waals surface area contributed by atoms with Crippen molar-refractivity contribution in [2.75, 3.05) is 52.6 Å². The number of carbonyl (C=O) groups is 2. The summed E-state index contributed by atoms with van der Waals surface area (Å²) in [5.74, 6) is 0.723. The lowest BCUT2D eigenvalue weighted by Gasteiger charge is -2.26. The van der Waals surface area contributed by atoms with Gasteiger partial charge in [-0.05, 0) is 6.07 Å². The molecule has 0 radical (unpaired) electrons. The van der Waals surface area contributed by atoms with Crippen molar-refractivity contribution in [2.45, 2.75) is 13.5 Å². The predicted octanol–water partition coefficient (Wildman–Crippen LogP) is 0.492. The van der Waals surface area contributed by atoms with E-state index < -0.39 is 0 Å². The number of hydrogen-bond donors (Lipinski definition) is 1. The van der Waals surface area contributed by atoms with Crippen LogP contribution in [0.2, 0.25) is 0 Å². The number of pyridine rings is 1. The lowest BCUT2D eigenvalue weighted by molar-refractivity contribution is -0.135. The molecule has 7 nitrogen and oxygen atoms in total. The van der Waals surface area contributed by atoms with Gasteiger partial charge in [-0.1, -0.05) is 6.07 Å². The normalized spacial score (nSPS) is 18.8. The Hall–Kier alpha value is -2.15. The molecule has 2 rings (SSSR count). The van der Waals surface area contributed by atoms with Crippen molar-refractivity contribution in [3.63, 3.8) is 0 Å². The number of anilines is 1. The number of hydrogen-bond acceptors (Lipinski definition) is 5. The van der Waals surface area contributed by atoms with Crippen LogP contribution in [0.3, 0.4) is 0 Å². The highest BCUT2D eigenvalue weighted by atomic mass is 16.2. The van der Waals surface area contributed by atoms with Gasteiger partial charge >= 0.3 is 0 Å². The Kier molecular flexibility index (Phi) is 6.14. The number of aromatic nitrogens is 1. The molecule has 2 heterocycles. The molecule has 1 N–H and O–H groups in total. The summed E-state index contributed by atoms with van der Waals surface area (Å²) in [6, 6.07) is 3.95. The number of amides is 2. The molecule has 132 valence electrons. The van der Waals surface area contributed by atoms with Crippen molar-refractivity contribution in [1.29, 1.82) is 0 Å². The Morgan fingerprint density at radius 2 is 2.08 bits per heavy atom. The average molecular weight is 333 g/mol. The van der Waals surface area contributed by atoms with Gasteiger partial charge in [0.05, 0.1) is 5.92 Å². The minimum Gasteiger partial charge on any atom is -0.373 e. The maximum atomic E-state index is 12.5. The fourth-order valence-corrected chi connectivity index (χ4v) is 3.06. The van der Waals surface area contributed by atoms with E-state index in [-0.39, 0.29) is 17.7 Å². The first-order chi connectivity index (χ1) is 11.4. The molecule has 24 heavy (non-hydrogen) atoms. The van der Waals surface area contributed by atoms with Gasteiger partial charge in [-0.3, -0.25) is 14.5 Å². The smallest absolute Gasteiger partial charge is 0.228 e. The fourth-order valence-electron chi connectivity index (χ4n) is 3.06. The molecule has 0 spiro atoms. The molecule has 1 unspecified atom stereocenters. The molecule has 1 atom stereocenters. The van der Waals surface area contributed by atoms with E-state index in [4.69, 9.17) is 0 Å². The monoisotopic (exact) mass is 333 g/mol. The third kappa shape index (κ3) is 4.44. The summed E-state index contributed by atoms with van der Waals surface area (Å²) < 4.78 is 0. The molecule has 0 saturated carbocycles. The van der Waals surface area contributed by atoms with Gasteiger partial charge in [0, 0.05) is 72.6 Å². The molecule has 0 aliphatic carbocycles. The molecule has 1 fully saturated rings. The zero-order chi connectivity index (χ0) is 17.7. The zero-order valence-electron chi connectivity index (χ0n) is 15.0. The van der Waals surface area contributed by atoms with Gasteiger partial charge in [0.2, 0.25) is 11.8 Å². The number of nitrogens with one attached hydrogen (secondary N) is 1. The van der Waals surface area contributed by atoms with Crippen LogP contribution in [-0.2, 0) is 16.1 Å². The van der Waals surface area contributed by atoms with Crippen molar-refractivity contribution in [1.82, 2.24) is 19.7 Å². The lowest BCUT2D eigenvalue weighted by atomic mass is 10.1. The van der Waals surface area contributed by atoms with E-state index in [0.29, 0.717) is 26.2 Å². The van der Waals surface area contributed by atoms with Gasteiger partial charge in [-0.25, -0.2) is 4.98 Å². The maximum Gasteiger partial charge on any atom is 0.228 e. The molecule has 0 bridgehead atoms. The highest BCUT2D eigenvalue weighted by Gasteiger charge is 2.30. The first-order valence-electron chi connectivity index (χ1n) is 8.23. The minimum absolute atomic E-state index is 0.0192. The van der Waals surface area contributed by atoms with Gasteiger partial charge < -0.3 is 15.1 Å². The van der Waals surface area contributed by atoms with E-state index in [1.54, 1.807) is 37.0 Å². The van der Waals surface area contributed by atoms with Gasteiger partial charge in [-0.15, -0.1) is 0 Å². The fraction of sp³-hybridized carbons (Fsp3) is 0.588. The molecule has 1 aromatic heterocycles. The van der Waals surface area contributed by atoms with E-state index in [1.807, 2.05) is 19.2 Å². The summed E-state index contributed by atoms with van der Waals surface area (Å²) in [4.78, 5) is 34.2. The standard InChI is InChI=1S/C17H27N5O2/c1-13(23)22-9-8-21(11-15(12-22)17(24)20(3)4)10-14-6-5-7-19-16(14)18-2/h5-7,15H,8-12H2,1-4H3,(H,18,19). The van der Waals surface area contributed by atoms with Crippen LogP contribution in [0, 0.1) is 5.92 Å². The highest BCUT2D eigenvalue weighted by molar-refractivity contribution is 5.80. The summed E-state index contributed by atoms with van der Waals surface area (Å²) in [6.07, 6.45) is 1.76. The van der Waals surface area contributed by atoms with Gasteiger partial charge in [0.1, 0.15) is 5.82 Å². The largest absolute Gasteiger partial charge is 0.373 e. The van der Waals surface area contributed by atoms with E-state index in [2.05, 4.69) is 15.2 Å². The Morgan fingerprint density at radius 3 is 2.71 bits per heavy atom. The Morgan fingerprint density at radius 1 is 1.33 bits per heavy atom. The van der Waals surface area contributed by atoms with Crippen molar-refractivity contribution < 1.29 is 9.59 Å². The molecular weight excluding hydrogens is 306 g/mol. The summed E-state index contributed by atoms with van der Waals surface area (Å²) in [5.41, 5.74) is 1.09. The third-order valence-electron chi connectivity index (χ3n) is 4.36. The van der Waals surface area contributed by atoms with Gasteiger partial charge in [0.15, 0.2) is 0 Å². The van der Waals surface area contributed by atoms with Crippen LogP contribution in [0.1, 0.15) is 12.5 Å². The summed E-state index contributed by atoms with van der Waals surface area (Å²) in [6.45, 7) is 4.77. The molecule has 7 heteroatoms. The first-order valence-corrected chi connectivity index (χ1v) is 8.23. The predicted molar refractivity (Wildman–Crippen MR) is 93.5 cm³/mol. The Balaban J connectivity index is 2.17. The van der Waals surface area contributed by atoms with Crippen LogP contribution >= 0.6 is 0 Å². The maximum absolute atomic E-state index is 12.5. The average Bonchev–Trinajstić information content (AvgIpc) is 2.77. The van der Waals surface area contributed by atoms with E-state index >= 15 is 0 Å². The summed E-state index contributed by atoms with van der Waals surface area (Å²) in [5, 5.41) is 3.10. The van der Waals surface area contributed by atoms with Crippen molar-refractivity contribution in [3.8, 4) is 0 Å². The van der Waals surface area contributed by atoms with Crippen LogP contribution in [0.5, 0.6) is 0 Å². The third-order valence-corrected chi connectivity index (χ3v) is 4.36. The lowest BCUT2D eigenvalue weighted by Crippen LogP contribution is -2.41. The van der Waals surface area contributed by atoms with Crippen molar-refractivity contribution in [3.05, 3.63) is 23.9 Å². The molecule has 0 aromatic carbocycles. The number of nitrogens with zero attached hydrogens (tertiary/aromatic N) is 4.